The Labute approximate surface area is 209 Å². The van der Waals surface area contributed by atoms with Crippen LogP contribution in [-0.2, 0) is 20.8 Å². The number of methoxy groups -OCH3 is 1. The highest BCUT2D eigenvalue weighted by Crippen LogP contribution is 2.28. The van der Waals surface area contributed by atoms with Crippen LogP contribution in [0.4, 0.5) is 14.9 Å². The van der Waals surface area contributed by atoms with Gasteiger partial charge in [-0.1, -0.05) is 24.3 Å². The fraction of sp³-hybridized carbons (Fsp3) is 0.462. The second-order valence-electron chi connectivity index (χ2n) is 9.02. The second kappa shape index (κ2) is 12.2. The Morgan fingerprint density at radius 3 is 2.81 bits per heavy atom. The van der Waals surface area contributed by atoms with Crippen molar-refractivity contribution in [3.05, 3.63) is 59.9 Å². The van der Waals surface area contributed by atoms with E-state index in [2.05, 4.69) is 10.6 Å². The molecular formula is C26H32FN3O6. The lowest BCUT2D eigenvalue weighted by Gasteiger charge is -2.44. The number of β-amino-alcohol motifs (C(OH)–C–C–N with tert-alkyl or cyclic N) is 1. The van der Waals surface area contributed by atoms with E-state index in [1.807, 2.05) is 0 Å². The number of urea groups is 1. The van der Waals surface area contributed by atoms with Gasteiger partial charge in [0, 0.05) is 23.9 Å². The Morgan fingerprint density at radius 1 is 1.17 bits per heavy atom. The molecule has 4 atom stereocenters. The Balaban J connectivity index is 1.37. The molecule has 0 saturated carbocycles. The van der Waals surface area contributed by atoms with Crippen LogP contribution in [0.25, 0.3) is 0 Å². The van der Waals surface area contributed by atoms with E-state index in [1.165, 1.54) is 6.07 Å². The average Bonchev–Trinajstić information content (AvgIpc) is 2.86. The van der Waals surface area contributed by atoms with Crippen LogP contribution in [0, 0.1) is 5.82 Å². The Morgan fingerprint density at radius 2 is 2.00 bits per heavy atom. The van der Waals surface area contributed by atoms with Gasteiger partial charge in [-0.05, 0) is 31.0 Å². The Kier molecular flexibility index (Phi) is 8.74. The van der Waals surface area contributed by atoms with E-state index in [0.29, 0.717) is 29.8 Å². The van der Waals surface area contributed by atoms with Gasteiger partial charge >= 0.3 is 6.03 Å². The summed E-state index contributed by atoms with van der Waals surface area (Å²) < 4.78 is 30.8. The quantitative estimate of drug-likeness (QED) is 0.562. The second-order valence-corrected chi connectivity index (χ2v) is 9.02. The third-order valence-electron chi connectivity index (χ3n) is 6.41. The van der Waals surface area contributed by atoms with Crippen molar-refractivity contribution in [2.75, 3.05) is 32.2 Å². The van der Waals surface area contributed by atoms with Gasteiger partial charge in [0.2, 0.25) is 5.91 Å². The third kappa shape index (κ3) is 6.71. The van der Waals surface area contributed by atoms with E-state index < -0.39 is 12.2 Å². The molecule has 2 heterocycles. The number of amides is 3. The average molecular weight is 502 g/mol. The molecule has 194 valence electrons. The first-order valence-corrected chi connectivity index (χ1v) is 12.1. The number of nitrogens with zero attached hydrogens (tertiary/aromatic N) is 1. The highest BCUT2D eigenvalue weighted by molar-refractivity contribution is 5.90. The number of ether oxygens (including phenoxy) is 3. The van der Waals surface area contributed by atoms with Crippen molar-refractivity contribution in [3.63, 3.8) is 0 Å². The number of aliphatic hydroxyl groups excluding tert-OH is 1. The van der Waals surface area contributed by atoms with Crippen molar-refractivity contribution in [3.8, 4) is 5.75 Å². The summed E-state index contributed by atoms with van der Waals surface area (Å²) >= 11 is 0. The first-order chi connectivity index (χ1) is 17.4. The van der Waals surface area contributed by atoms with Gasteiger partial charge in [-0.25, -0.2) is 9.18 Å². The fourth-order valence-electron chi connectivity index (χ4n) is 4.59. The van der Waals surface area contributed by atoms with Gasteiger partial charge in [-0.3, -0.25) is 4.79 Å². The Hall–Kier alpha value is -3.21. The van der Waals surface area contributed by atoms with Gasteiger partial charge in [-0.15, -0.1) is 0 Å². The van der Waals surface area contributed by atoms with Crippen LogP contribution in [0.5, 0.6) is 5.75 Å². The van der Waals surface area contributed by atoms with Crippen LogP contribution in [0.3, 0.4) is 0 Å². The number of carbonyl (C=O) groups excluding carboxylic acids is 2. The maximum Gasteiger partial charge on any atom is 0.322 e. The van der Waals surface area contributed by atoms with Crippen LogP contribution in [0.15, 0.2) is 48.5 Å². The standard InChI is InChI=1S/C26H32FN3O6/c1-34-20-7-4-6-18(11-20)29-26(33)30-14-19(31)15-35-16-24-23(30)10-9-21(36-24)12-25(32)28-13-17-5-2-3-8-22(17)27/h2-8,11,19,21,23-24,31H,9-10,12-16H2,1H3,(H,28,32)(H,29,33)/t19-,21+,23-,24+/m0/s1. The molecule has 4 rings (SSSR count). The largest absolute Gasteiger partial charge is 0.497 e. The molecule has 9 nitrogen and oxygen atoms in total. The van der Waals surface area contributed by atoms with Crippen molar-refractivity contribution in [2.24, 2.45) is 0 Å². The molecule has 2 saturated heterocycles. The number of hydrogen-bond donors (Lipinski definition) is 3. The molecule has 3 N–H and O–H groups in total. The molecule has 0 unspecified atom stereocenters. The number of nitrogens with one attached hydrogen (secondary N) is 2. The van der Waals surface area contributed by atoms with Crippen LogP contribution >= 0.6 is 0 Å². The molecule has 3 amide bonds. The number of halogens is 1. The van der Waals surface area contributed by atoms with Crippen molar-refractivity contribution >= 4 is 17.6 Å². The summed E-state index contributed by atoms with van der Waals surface area (Å²) in [5.41, 5.74) is 0.991. The van der Waals surface area contributed by atoms with Crippen LogP contribution < -0.4 is 15.4 Å². The topological polar surface area (TPSA) is 109 Å². The summed E-state index contributed by atoms with van der Waals surface area (Å²) in [6.45, 7) is 0.457. The van der Waals surface area contributed by atoms with Gasteiger partial charge in [0.05, 0.1) is 51.5 Å². The van der Waals surface area contributed by atoms with E-state index in [1.54, 1.807) is 54.5 Å². The molecule has 2 aromatic carbocycles. The summed E-state index contributed by atoms with van der Waals surface area (Å²) in [4.78, 5) is 27.3. The number of anilines is 1. The molecule has 2 fully saturated rings. The van der Waals surface area contributed by atoms with E-state index in [0.717, 1.165) is 0 Å². The van der Waals surface area contributed by atoms with Crippen molar-refractivity contribution in [2.45, 2.75) is 50.2 Å². The highest BCUT2D eigenvalue weighted by Gasteiger charge is 2.40. The monoisotopic (exact) mass is 501 g/mol. The van der Waals surface area contributed by atoms with Crippen LogP contribution in [0.2, 0.25) is 0 Å². The highest BCUT2D eigenvalue weighted by atomic mass is 19.1. The van der Waals surface area contributed by atoms with Crippen LogP contribution in [0.1, 0.15) is 24.8 Å². The van der Waals surface area contributed by atoms with E-state index in [4.69, 9.17) is 14.2 Å². The smallest absolute Gasteiger partial charge is 0.322 e. The van der Waals surface area contributed by atoms with Gasteiger partial charge in [0.15, 0.2) is 0 Å². The van der Waals surface area contributed by atoms with Crippen LogP contribution in [-0.4, -0.2) is 73.2 Å². The van der Waals surface area contributed by atoms with Crippen molar-refractivity contribution in [1.82, 2.24) is 10.2 Å². The number of fused-ring (bicyclic) bond motifs is 1. The minimum Gasteiger partial charge on any atom is -0.497 e. The SMILES string of the molecule is COc1cccc(NC(=O)N2C[C@H](O)COC[C@H]3O[C@@H](CC(=O)NCc4ccccc4F)CC[C@@H]32)c1. The molecular weight excluding hydrogens is 469 g/mol. The minimum absolute atomic E-state index is 0.0727. The maximum atomic E-state index is 13.8. The number of rotatable bonds is 6. The summed E-state index contributed by atoms with van der Waals surface area (Å²) in [6.07, 6.45) is -0.389. The molecule has 10 heteroatoms. The fourth-order valence-corrected chi connectivity index (χ4v) is 4.59. The normalized spacial score (nSPS) is 24.1. The maximum absolute atomic E-state index is 13.8. The molecule has 2 aliphatic heterocycles. The zero-order chi connectivity index (χ0) is 25.5. The minimum atomic E-state index is -0.830. The molecule has 0 aliphatic carbocycles. The van der Waals surface area contributed by atoms with Gasteiger partial charge in [0.25, 0.3) is 0 Å². The van der Waals surface area contributed by atoms with Gasteiger partial charge in [0.1, 0.15) is 17.7 Å². The predicted molar refractivity (Wildman–Crippen MR) is 130 cm³/mol. The van der Waals surface area contributed by atoms with Crippen molar-refractivity contribution < 1.29 is 33.3 Å². The lowest BCUT2D eigenvalue weighted by molar-refractivity contribution is -0.149. The van der Waals surface area contributed by atoms with E-state index >= 15 is 0 Å². The molecule has 36 heavy (non-hydrogen) atoms. The van der Waals surface area contributed by atoms with Gasteiger partial charge < -0.3 is 34.9 Å². The van der Waals surface area contributed by atoms with E-state index in [-0.39, 0.29) is 62.6 Å². The first-order valence-electron chi connectivity index (χ1n) is 12.1. The van der Waals surface area contributed by atoms with Crippen molar-refractivity contribution in [1.29, 1.82) is 0 Å². The molecule has 0 aromatic heterocycles. The molecule has 0 spiro atoms. The lowest BCUT2D eigenvalue weighted by atomic mass is 9.95. The number of aliphatic hydroxyl groups is 1. The zero-order valence-electron chi connectivity index (χ0n) is 20.2. The molecule has 2 aliphatic rings. The third-order valence-corrected chi connectivity index (χ3v) is 6.41. The number of carbonyl (C=O) groups is 2. The number of hydrogen-bond acceptors (Lipinski definition) is 6. The molecule has 0 bridgehead atoms. The summed E-state index contributed by atoms with van der Waals surface area (Å²) in [7, 11) is 1.55. The Bertz CT molecular complexity index is 1050. The summed E-state index contributed by atoms with van der Waals surface area (Å²) in [5, 5.41) is 15.9. The number of benzene rings is 2. The molecule has 2 aromatic rings. The zero-order valence-corrected chi connectivity index (χ0v) is 20.2. The lowest BCUT2D eigenvalue weighted by Crippen LogP contribution is -2.58. The van der Waals surface area contributed by atoms with Gasteiger partial charge in [-0.2, -0.15) is 0 Å². The summed E-state index contributed by atoms with van der Waals surface area (Å²) in [5.74, 6) is 0.0103. The summed E-state index contributed by atoms with van der Waals surface area (Å²) in [6, 6.07) is 12.6. The molecule has 0 radical (unpaired) electrons. The predicted octanol–water partition coefficient (Wildman–Crippen LogP) is 2.68. The van der Waals surface area contributed by atoms with E-state index in [9.17, 15) is 19.1 Å². The first kappa shape index (κ1) is 25.9.